The Morgan fingerprint density at radius 2 is 2.00 bits per heavy atom. The number of hydrogen-bond donors (Lipinski definition) is 1. The maximum atomic E-state index is 12.5. The van der Waals surface area contributed by atoms with E-state index in [0.29, 0.717) is 18.0 Å². The van der Waals surface area contributed by atoms with Crippen molar-refractivity contribution in [1.29, 1.82) is 0 Å². The smallest absolute Gasteiger partial charge is 0.225 e. The molecule has 0 saturated carbocycles. The molecule has 5 nitrogen and oxygen atoms in total. The van der Waals surface area contributed by atoms with E-state index in [1.54, 1.807) is 19.1 Å². The molecule has 0 radical (unpaired) electrons. The molecule has 0 aromatic heterocycles. The van der Waals surface area contributed by atoms with Gasteiger partial charge in [-0.1, -0.05) is 12.1 Å². The van der Waals surface area contributed by atoms with Crippen LogP contribution in [0.2, 0.25) is 0 Å². The van der Waals surface area contributed by atoms with Crippen LogP contribution in [0.25, 0.3) is 0 Å². The van der Waals surface area contributed by atoms with Crippen LogP contribution in [0, 0.1) is 5.92 Å². The molecular weight excluding hydrogens is 268 g/mol. The molecule has 0 aliphatic carbocycles. The second-order valence-corrected chi connectivity index (χ2v) is 5.37. The molecule has 1 amide bonds. The van der Waals surface area contributed by atoms with Gasteiger partial charge in [0.1, 0.15) is 0 Å². The summed E-state index contributed by atoms with van der Waals surface area (Å²) in [4.78, 5) is 14.3. The average molecular weight is 292 g/mol. The van der Waals surface area contributed by atoms with Gasteiger partial charge in [-0.2, -0.15) is 0 Å². The number of nitrogens with one attached hydrogen (secondary N) is 1. The Bertz CT molecular complexity index is 484. The lowest BCUT2D eigenvalue weighted by Gasteiger charge is -2.27. The van der Waals surface area contributed by atoms with Gasteiger partial charge in [-0.3, -0.25) is 4.79 Å². The highest BCUT2D eigenvalue weighted by Crippen LogP contribution is 2.31. The number of para-hydroxylation sites is 1. The minimum Gasteiger partial charge on any atom is -0.493 e. The fraction of sp³-hybridized carbons (Fsp3) is 0.562. The summed E-state index contributed by atoms with van der Waals surface area (Å²) in [5.74, 6) is 1.73. The van der Waals surface area contributed by atoms with E-state index in [2.05, 4.69) is 5.32 Å². The van der Waals surface area contributed by atoms with E-state index in [1.807, 2.05) is 25.2 Å². The number of nitrogens with zero attached hydrogens (tertiary/aromatic N) is 1. The number of rotatable bonds is 5. The molecule has 116 valence electrons. The lowest BCUT2D eigenvalue weighted by Crippen LogP contribution is -2.38. The first-order chi connectivity index (χ1) is 10.2. The third kappa shape index (κ3) is 3.67. The zero-order valence-corrected chi connectivity index (χ0v) is 13.0. The predicted octanol–water partition coefficient (Wildman–Crippen LogP) is 1.66. The van der Waals surface area contributed by atoms with E-state index < -0.39 is 0 Å². The third-order valence-electron chi connectivity index (χ3n) is 3.96. The minimum absolute atomic E-state index is 0.132. The van der Waals surface area contributed by atoms with E-state index >= 15 is 0 Å². The van der Waals surface area contributed by atoms with Gasteiger partial charge in [0.2, 0.25) is 5.91 Å². The van der Waals surface area contributed by atoms with Crippen LogP contribution in [-0.4, -0.2) is 45.2 Å². The Balaban J connectivity index is 2.08. The summed E-state index contributed by atoms with van der Waals surface area (Å²) in [5, 5.41) is 3.28. The number of hydrogen-bond acceptors (Lipinski definition) is 4. The summed E-state index contributed by atoms with van der Waals surface area (Å²) in [6, 6.07) is 5.74. The largest absolute Gasteiger partial charge is 0.493 e. The zero-order valence-electron chi connectivity index (χ0n) is 13.0. The number of carbonyl (C=O) groups excluding carboxylic acids is 1. The van der Waals surface area contributed by atoms with Crippen LogP contribution in [-0.2, 0) is 11.3 Å². The summed E-state index contributed by atoms with van der Waals surface area (Å²) in [7, 11) is 5.09. The molecule has 1 saturated heterocycles. The quantitative estimate of drug-likeness (QED) is 0.897. The van der Waals surface area contributed by atoms with E-state index in [-0.39, 0.29) is 11.8 Å². The number of amides is 1. The first kappa shape index (κ1) is 15.6. The van der Waals surface area contributed by atoms with Crippen molar-refractivity contribution in [2.45, 2.75) is 19.4 Å². The molecule has 1 aromatic carbocycles. The SMILES string of the molecule is COc1cccc(CN(C)C(=O)C2CCNCC2)c1OC. The predicted molar refractivity (Wildman–Crippen MR) is 81.6 cm³/mol. The molecule has 1 fully saturated rings. The van der Waals surface area contributed by atoms with Crippen molar-refractivity contribution >= 4 is 5.91 Å². The second-order valence-electron chi connectivity index (χ2n) is 5.37. The van der Waals surface area contributed by atoms with Gasteiger partial charge in [-0.25, -0.2) is 0 Å². The third-order valence-corrected chi connectivity index (χ3v) is 3.96. The van der Waals surface area contributed by atoms with Crippen molar-refractivity contribution < 1.29 is 14.3 Å². The normalized spacial score (nSPS) is 15.6. The maximum Gasteiger partial charge on any atom is 0.225 e. The van der Waals surface area contributed by atoms with Gasteiger partial charge in [-0.05, 0) is 32.0 Å². The molecule has 2 rings (SSSR count). The van der Waals surface area contributed by atoms with E-state index in [9.17, 15) is 4.79 Å². The van der Waals surface area contributed by atoms with Gasteiger partial charge < -0.3 is 19.7 Å². The lowest BCUT2D eigenvalue weighted by molar-refractivity contribution is -0.135. The number of benzene rings is 1. The van der Waals surface area contributed by atoms with Crippen LogP contribution in [0.3, 0.4) is 0 Å². The van der Waals surface area contributed by atoms with Gasteiger partial charge in [0.05, 0.1) is 14.2 Å². The maximum absolute atomic E-state index is 12.5. The summed E-state index contributed by atoms with van der Waals surface area (Å²) in [6.07, 6.45) is 1.83. The molecule has 1 aliphatic heterocycles. The van der Waals surface area contributed by atoms with Crippen LogP contribution in [0.1, 0.15) is 18.4 Å². The lowest BCUT2D eigenvalue weighted by atomic mass is 9.96. The Morgan fingerprint density at radius 3 is 2.62 bits per heavy atom. The molecule has 1 N–H and O–H groups in total. The highest BCUT2D eigenvalue weighted by atomic mass is 16.5. The fourth-order valence-electron chi connectivity index (χ4n) is 2.79. The van der Waals surface area contributed by atoms with Crippen molar-refractivity contribution in [2.24, 2.45) is 5.92 Å². The highest BCUT2D eigenvalue weighted by molar-refractivity contribution is 5.78. The van der Waals surface area contributed by atoms with Gasteiger partial charge in [0, 0.05) is 25.1 Å². The highest BCUT2D eigenvalue weighted by Gasteiger charge is 2.24. The van der Waals surface area contributed by atoms with Crippen LogP contribution in [0.5, 0.6) is 11.5 Å². The molecule has 0 spiro atoms. The summed E-state index contributed by atoms with van der Waals surface area (Å²) in [6.45, 7) is 2.38. The monoisotopic (exact) mass is 292 g/mol. The van der Waals surface area contributed by atoms with Crippen molar-refractivity contribution in [3.05, 3.63) is 23.8 Å². The summed E-state index contributed by atoms with van der Waals surface area (Å²) in [5.41, 5.74) is 0.960. The first-order valence-corrected chi connectivity index (χ1v) is 7.33. The molecule has 0 bridgehead atoms. The molecular formula is C16H24N2O3. The van der Waals surface area contributed by atoms with E-state index in [1.165, 1.54) is 0 Å². The van der Waals surface area contributed by atoms with Crippen LogP contribution >= 0.6 is 0 Å². The average Bonchev–Trinajstić information content (AvgIpc) is 2.54. The standard InChI is InChI=1S/C16H24N2O3/c1-18(16(19)12-7-9-17-10-8-12)11-13-5-4-6-14(20-2)15(13)21-3/h4-6,12,17H,7-11H2,1-3H3. The van der Waals surface area contributed by atoms with Crippen molar-refractivity contribution in [3.8, 4) is 11.5 Å². The Labute approximate surface area is 126 Å². The Kier molecular flexibility index (Phi) is 5.44. The minimum atomic E-state index is 0.132. The molecule has 1 heterocycles. The Morgan fingerprint density at radius 1 is 1.29 bits per heavy atom. The molecule has 1 aliphatic rings. The summed E-state index contributed by atoms with van der Waals surface area (Å²) >= 11 is 0. The van der Waals surface area contributed by atoms with Crippen molar-refractivity contribution in [2.75, 3.05) is 34.4 Å². The van der Waals surface area contributed by atoms with Crippen LogP contribution in [0.15, 0.2) is 18.2 Å². The number of piperidine rings is 1. The van der Waals surface area contributed by atoms with E-state index in [4.69, 9.17) is 9.47 Å². The Hall–Kier alpha value is -1.75. The van der Waals surface area contributed by atoms with Gasteiger partial charge >= 0.3 is 0 Å². The first-order valence-electron chi connectivity index (χ1n) is 7.33. The molecule has 0 atom stereocenters. The van der Waals surface area contributed by atoms with E-state index in [0.717, 1.165) is 31.5 Å². The number of carbonyl (C=O) groups is 1. The topological polar surface area (TPSA) is 50.8 Å². The fourth-order valence-corrected chi connectivity index (χ4v) is 2.79. The van der Waals surface area contributed by atoms with Gasteiger partial charge in [0.15, 0.2) is 11.5 Å². The second kappa shape index (κ2) is 7.31. The molecule has 1 aromatic rings. The van der Waals surface area contributed by atoms with Gasteiger partial charge in [0.25, 0.3) is 0 Å². The molecule has 5 heteroatoms. The van der Waals surface area contributed by atoms with Crippen LogP contribution in [0.4, 0.5) is 0 Å². The summed E-state index contributed by atoms with van der Waals surface area (Å²) < 4.78 is 10.7. The van der Waals surface area contributed by atoms with Crippen molar-refractivity contribution in [1.82, 2.24) is 10.2 Å². The molecule has 0 unspecified atom stereocenters. The van der Waals surface area contributed by atoms with Crippen molar-refractivity contribution in [3.63, 3.8) is 0 Å². The van der Waals surface area contributed by atoms with Crippen LogP contribution < -0.4 is 14.8 Å². The zero-order chi connectivity index (χ0) is 15.2. The number of methoxy groups -OCH3 is 2. The molecule has 21 heavy (non-hydrogen) atoms. The van der Waals surface area contributed by atoms with Gasteiger partial charge in [-0.15, -0.1) is 0 Å². The number of ether oxygens (including phenoxy) is 2.